The zero-order valence-electron chi connectivity index (χ0n) is 18.2. The van der Waals surface area contributed by atoms with Crippen molar-refractivity contribution in [1.29, 1.82) is 0 Å². The second kappa shape index (κ2) is 9.38. The number of urea groups is 1. The van der Waals surface area contributed by atoms with Gasteiger partial charge in [-0.2, -0.15) is 5.01 Å². The molecule has 2 fully saturated rings. The first-order chi connectivity index (χ1) is 15.8. The van der Waals surface area contributed by atoms with Gasteiger partial charge in [0.25, 0.3) is 17.0 Å². The van der Waals surface area contributed by atoms with Crippen LogP contribution in [0.3, 0.4) is 0 Å². The fourth-order valence-corrected chi connectivity index (χ4v) is 4.39. The topological polar surface area (TPSA) is 127 Å². The highest BCUT2D eigenvalue weighted by atomic mass is 32.2. The summed E-state index contributed by atoms with van der Waals surface area (Å²) in [4.78, 5) is 37.4. The summed E-state index contributed by atoms with van der Waals surface area (Å²) in [5.74, 6) is -1.01. The third-order valence-corrected chi connectivity index (χ3v) is 6.58. The molecule has 1 aromatic carbocycles. The average Bonchev–Trinajstić information content (AvgIpc) is 3.35. The zero-order chi connectivity index (χ0) is 23.6. The molecule has 1 aromatic heterocycles. The number of rotatable bonds is 7. The Kier molecular flexibility index (Phi) is 6.54. The van der Waals surface area contributed by atoms with Crippen LogP contribution in [0.5, 0.6) is 5.75 Å². The predicted octanol–water partition coefficient (Wildman–Crippen LogP) is 2.97. The van der Waals surface area contributed by atoms with E-state index in [1.807, 2.05) is 0 Å². The van der Waals surface area contributed by atoms with E-state index in [4.69, 9.17) is 9.15 Å². The molecule has 2 heterocycles. The molecule has 4 amide bonds. The summed E-state index contributed by atoms with van der Waals surface area (Å²) < 4.78 is 24.7. The quantitative estimate of drug-likeness (QED) is 0.460. The van der Waals surface area contributed by atoms with Crippen LogP contribution in [0.25, 0.3) is 0 Å². The van der Waals surface area contributed by atoms with Crippen LogP contribution >= 0.6 is 11.8 Å². The van der Waals surface area contributed by atoms with E-state index in [2.05, 4.69) is 27.9 Å². The molecular weight excluding hydrogens is 453 g/mol. The molecular formula is C21H24FN5O5S. The molecule has 176 valence electrons. The summed E-state index contributed by atoms with van der Waals surface area (Å²) in [5, 5.41) is 11.3. The minimum absolute atomic E-state index is 0.0514. The van der Waals surface area contributed by atoms with Gasteiger partial charge in [0, 0.05) is 0 Å². The van der Waals surface area contributed by atoms with Gasteiger partial charge in [-0.1, -0.05) is 30.8 Å². The number of hydrogen-bond acceptors (Lipinski definition) is 8. The van der Waals surface area contributed by atoms with E-state index in [0.717, 1.165) is 29.6 Å². The summed E-state index contributed by atoms with van der Waals surface area (Å²) in [5.41, 5.74) is 1.42. The number of imide groups is 1. The van der Waals surface area contributed by atoms with Crippen molar-refractivity contribution >= 4 is 29.6 Å². The van der Waals surface area contributed by atoms with Gasteiger partial charge in [0.1, 0.15) is 5.54 Å². The first kappa shape index (κ1) is 23.0. The Balaban J connectivity index is 1.29. The number of ether oxygens (including phenoxy) is 1. The zero-order valence-corrected chi connectivity index (χ0v) is 19.0. The molecule has 2 N–H and O–H groups in total. The Morgan fingerprint density at radius 3 is 2.82 bits per heavy atom. The summed E-state index contributed by atoms with van der Waals surface area (Å²) in [6, 6.07) is 5.31. The molecule has 0 unspecified atom stereocenters. The Morgan fingerprint density at radius 1 is 1.36 bits per heavy atom. The lowest BCUT2D eigenvalue weighted by Gasteiger charge is -2.33. The highest BCUT2D eigenvalue weighted by Crippen LogP contribution is 2.35. The number of nitrogens with one attached hydrogen (secondary N) is 2. The van der Waals surface area contributed by atoms with Crippen molar-refractivity contribution in [3.8, 4) is 5.75 Å². The number of halogens is 1. The van der Waals surface area contributed by atoms with Gasteiger partial charge in [-0.3, -0.25) is 15.0 Å². The highest BCUT2D eigenvalue weighted by molar-refractivity contribution is 7.99. The Hall–Kier alpha value is -3.15. The molecule has 2 aromatic rings. The first-order valence-electron chi connectivity index (χ1n) is 10.6. The maximum absolute atomic E-state index is 13.7. The van der Waals surface area contributed by atoms with Crippen LogP contribution in [0, 0.1) is 11.7 Å². The molecule has 0 radical (unpaired) electrons. The van der Waals surface area contributed by atoms with Crippen LogP contribution in [-0.4, -0.2) is 44.3 Å². The van der Waals surface area contributed by atoms with Crippen molar-refractivity contribution < 1.29 is 27.9 Å². The number of aromatic nitrogens is 2. The second-order valence-electron chi connectivity index (χ2n) is 8.26. The van der Waals surface area contributed by atoms with Gasteiger partial charge >= 0.3 is 6.03 Å². The van der Waals surface area contributed by atoms with Crippen LogP contribution in [0.2, 0.25) is 0 Å². The summed E-state index contributed by atoms with van der Waals surface area (Å²) >= 11 is 0.938. The summed E-state index contributed by atoms with van der Waals surface area (Å²) in [6.45, 7) is 3.74. The Bertz CT molecular complexity index is 1060. The van der Waals surface area contributed by atoms with Crippen molar-refractivity contribution in [2.75, 3.05) is 5.75 Å². The third kappa shape index (κ3) is 4.95. The fourth-order valence-electron chi connectivity index (χ4n) is 3.82. The van der Waals surface area contributed by atoms with E-state index < -0.39 is 35.3 Å². The molecule has 1 atom stereocenters. The number of thioether (sulfide) groups is 1. The molecule has 10 nitrogen and oxygen atoms in total. The third-order valence-electron chi connectivity index (χ3n) is 5.76. The van der Waals surface area contributed by atoms with Gasteiger partial charge in [0.15, 0.2) is 17.7 Å². The lowest BCUT2D eigenvalue weighted by molar-refractivity contribution is -0.139. The molecule has 2 aliphatic rings. The van der Waals surface area contributed by atoms with Crippen molar-refractivity contribution in [2.24, 2.45) is 5.92 Å². The fraction of sp³-hybridized carbons (Fsp3) is 0.476. The maximum atomic E-state index is 13.7. The number of para-hydroxylation sites is 1. The molecule has 1 spiro atoms. The Morgan fingerprint density at radius 2 is 2.09 bits per heavy atom. The highest BCUT2D eigenvalue weighted by Gasteiger charge is 2.52. The number of carbonyl (C=O) groups is 3. The van der Waals surface area contributed by atoms with Gasteiger partial charge in [-0.05, 0) is 50.7 Å². The average molecular weight is 478 g/mol. The number of nitrogens with zero attached hydrogens (tertiary/aromatic N) is 3. The molecule has 33 heavy (non-hydrogen) atoms. The molecule has 4 rings (SSSR count). The van der Waals surface area contributed by atoms with Crippen molar-refractivity contribution in [3.63, 3.8) is 0 Å². The predicted molar refractivity (Wildman–Crippen MR) is 114 cm³/mol. The van der Waals surface area contributed by atoms with E-state index in [1.165, 1.54) is 12.1 Å². The van der Waals surface area contributed by atoms with Crippen LogP contribution in [-0.2, 0) is 9.59 Å². The number of amides is 4. The van der Waals surface area contributed by atoms with Gasteiger partial charge in [-0.15, -0.1) is 10.2 Å². The van der Waals surface area contributed by atoms with Gasteiger partial charge in [0.05, 0.1) is 5.75 Å². The van der Waals surface area contributed by atoms with Gasteiger partial charge in [-0.25, -0.2) is 9.18 Å². The largest absolute Gasteiger partial charge is 0.478 e. The van der Waals surface area contributed by atoms with E-state index in [9.17, 15) is 18.8 Å². The number of hydrazine groups is 1. The van der Waals surface area contributed by atoms with Crippen molar-refractivity contribution in [3.05, 3.63) is 36.0 Å². The molecule has 12 heteroatoms. The normalized spacial score (nSPS) is 23.5. The molecule has 1 saturated heterocycles. The van der Waals surface area contributed by atoms with Crippen molar-refractivity contribution in [1.82, 2.24) is 25.9 Å². The molecule has 1 saturated carbocycles. The summed E-state index contributed by atoms with van der Waals surface area (Å²) in [7, 11) is 0. The van der Waals surface area contributed by atoms with Crippen LogP contribution < -0.4 is 15.5 Å². The van der Waals surface area contributed by atoms with Crippen LogP contribution in [0.4, 0.5) is 9.18 Å². The van der Waals surface area contributed by atoms with E-state index >= 15 is 0 Å². The number of carbonyl (C=O) groups excluding carboxylic acids is 3. The van der Waals surface area contributed by atoms with Gasteiger partial charge < -0.3 is 14.5 Å². The van der Waals surface area contributed by atoms with E-state index in [-0.39, 0.29) is 22.6 Å². The van der Waals surface area contributed by atoms with E-state index in [0.29, 0.717) is 18.8 Å². The number of hydrogen-bond donors (Lipinski definition) is 2. The van der Waals surface area contributed by atoms with Crippen LogP contribution in [0.15, 0.2) is 33.9 Å². The molecule has 1 aliphatic carbocycles. The maximum Gasteiger partial charge on any atom is 0.344 e. The van der Waals surface area contributed by atoms with E-state index in [1.54, 1.807) is 19.1 Å². The summed E-state index contributed by atoms with van der Waals surface area (Å²) in [6.07, 6.45) is 2.07. The smallest absolute Gasteiger partial charge is 0.344 e. The minimum atomic E-state index is -0.931. The second-order valence-corrected chi connectivity index (χ2v) is 9.18. The lowest BCUT2D eigenvalue weighted by atomic mass is 9.77. The SMILES string of the molecule is CC1CCC2(CC1)NC(=O)N(NC(=O)CSc1nnc([C@@H](C)Oc3ccccc3F)o1)C2=O. The lowest BCUT2D eigenvalue weighted by Crippen LogP contribution is -2.51. The number of benzene rings is 1. The first-order valence-corrected chi connectivity index (χ1v) is 11.6. The minimum Gasteiger partial charge on any atom is -0.478 e. The monoisotopic (exact) mass is 477 g/mol. The van der Waals surface area contributed by atoms with Crippen molar-refractivity contribution in [2.45, 2.75) is 56.4 Å². The standard InChI is InChI=1S/C21H24FN5O5S/c1-12-7-9-21(10-8-12)18(29)27(19(30)23-21)26-16(28)11-33-20-25-24-17(32-20)13(2)31-15-6-4-3-5-14(15)22/h3-6,12-13H,7-11H2,1-2H3,(H,23,30)(H,26,28)/t12?,13-,21?/m1/s1. The Labute approximate surface area is 193 Å². The molecule has 0 bridgehead atoms. The van der Waals surface area contributed by atoms with Gasteiger partial charge in [0.2, 0.25) is 5.91 Å². The van der Waals surface area contributed by atoms with Crippen LogP contribution in [0.1, 0.15) is 51.5 Å². The molecule has 1 aliphatic heterocycles.